The van der Waals surface area contributed by atoms with Crippen molar-refractivity contribution in [2.75, 3.05) is 10.6 Å². The Balaban J connectivity index is 1.88. The number of hydrogen-bond donors (Lipinski definition) is 2. The van der Waals surface area contributed by atoms with Gasteiger partial charge in [0.2, 0.25) is 0 Å². The second kappa shape index (κ2) is 5.50. The highest BCUT2D eigenvalue weighted by molar-refractivity contribution is 6.04. The molecular formula is C16H12N2O3. The molecule has 0 saturated carbocycles. The molecular weight excluding hydrogens is 268 g/mol. The van der Waals surface area contributed by atoms with Gasteiger partial charge in [-0.25, -0.2) is 9.59 Å². The first-order valence-electron chi connectivity index (χ1n) is 6.38. The molecule has 3 aromatic rings. The number of para-hydroxylation sites is 2. The van der Waals surface area contributed by atoms with Crippen LogP contribution in [0.2, 0.25) is 0 Å². The predicted molar refractivity (Wildman–Crippen MR) is 81.6 cm³/mol. The molecule has 2 amide bonds. The van der Waals surface area contributed by atoms with Crippen molar-refractivity contribution in [3.8, 4) is 0 Å². The van der Waals surface area contributed by atoms with E-state index >= 15 is 0 Å². The van der Waals surface area contributed by atoms with Gasteiger partial charge in [0, 0.05) is 17.1 Å². The van der Waals surface area contributed by atoms with E-state index in [1.54, 1.807) is 30.3 Å². The van der Waals surface area contributed by atoms with Gasteiger partial charge in [0.05, 0.1) is 5.69 Å². The molecule has 0 aliphatic rings. The Morgan fingerprint density at radius 1 is 0.905 bits per heavy atom. The van der Waals surface area contributed by atoms with Crippen molar-refractivity contribution in [2.45, 2.75) is 0 Å². The fraction of sp³-hybridized carbons (Fsp3) is 0. The number of nitrogens with one attached hydrogen (secondary N) is 2. The van der Waals surface area contributed by atoms with Crippen LogP contribution in [0.3, 0.4) is 0 Å². The maximum absolute atomic E-state index is 12.0. The number of hydrogen-bond acceptors (Lipinski definition) is 3. The van der Waals surface area contributed by atoms with Gasteiger partial charge < -0.3 is 15.1 Å². The fourth-order valence-electron chi connectivity index (χ4n) is 2.02. The van der Waals surface area contributed by atoms with E-state index < -0.39 is 11.7 Å². The summed E-state index contributed by atoms with van der Waals surface area (Å²) in [5.74, 6) is 0. The van der Waals surface area contributed by atoms with Crippen LogP contribution in [0.15, 0.2) is 69.9 Å². The molecule has 2 N–H and O–H groups in total. The number of urea groups is 1. The van der Waals surface area contributed by atoms with E-state index in [4.69, 9.17) is 4.42 Å². The average molecular weight is 280 g/mol. The SMILES string of the molecule is O=C(Nc1ccccc1)Nc1cc(=O)oc2ccccc12. The van der Waals surface area contributed by atoms with Crippen molar-refractivity contribution in [1.82, 2.24) is 0 Å². The van der Waals surface area contributed by atoms with Crippen molar-refractivity contribution in [1.29, 1.82) is 0 Å². The lowest BCUT2D eigenvalue weighted by Gasteiger charge is -2.09. The molecule has 0 aliphatic carbocycles. The molecule has 0 radical (unpaired) electrons. The molecule has 0 bridgehead atoms. The zero-order chi connectivity index (χ0) is 14.7. The van der Waals surface area contributed by atoms with Gasteiger partial charge >= 0.3 is 11.7 Å². The molecule has 5 heteroatoms. The van der Waals surface area contributed by atoms with Crippen molar-refractivity contribution in [2.24, 2.45) is 0 Å². The Bertz CT molecular complexity index is 841. The van der Waals surface area contributed by atoms with Gasteiger partial charge in [-0.05, 0) is 24.3 Å². The number of rotatable bonds is 2. The number of benzene rings is 2. The molecule has 0 atom stereocenters. The second-order valence-corrected chi connectivity index (χ2v) is 4.42. The highest BCUT2D eigenvalue weighted by Crippen LogP contribution is 2.21. The monoisotopic (exact) mass is 280 g/mol. The summed E-state index contributed by atoms with van der Waals surface area (Å²) in [4.78, 5) is 23.5. The van der Waals surface area contributed by atoms with Crippen LogP contribution in [0.5, 0.6) is 0 Å². The molecule has 5 nitrogen and oxygen atoms in total. The topological polar surface area (TPSA) is 71.3 Å². The van der Waals surface area contributed by atoms with Crippen LogP contribution in [0, 0.1) is 0 Å². The summed E-state index contributed by atoms with van der Waals surface area (Å²) in [7, 11) is 0. The second-order valence-electron chi connectivity index (χ2n) is 4.42. The minimum absolute atomic E-state index is 0.412. The first-order valence-corrected chi connectivity index (χ1v) is 6.38. The van der Waals surface area contributed by atoms with E-state index in [9.17, 15) is 9.59 Å². The van der Waals surface area contributed by atoms with Crippen molar-refractivity contribution in [3.63, 3.8) is 0 Å². The van der Waals surface area contributed by atoms with Crippen LogP contribution >= 0.6 is 0 Å². The Labute approximate surface area is 120 Å². The number of anilines is 2. The molecule has 3 rings (SSSR count). The van der Waals surface area contributed by atoms with E-state index in [-0.39, 0.29) is 0 Å². The van der Waals surface area contributed by atoms with Crippen LogP contribution < -0.4 is 16.3 Å². The first kappa shape index (κ1) is 12.9. The summed E-state index contributed by atoms with van der Waals surface area (Å²) in [6, 6.07) is 16.9. The molecule has 0 fully saturated rings. The van der Waals surface area contributed by atoms with E-state index in [2.05, 4.69) is 10.6 Å². The van der Waals surface area contributed by atoms with Crippen molar-refractivity contribution >= 4 is 28.4 Å². The Morgan fingerprint density at radius 3 is 2.43 bits per heavy atom. The van der Waals surface area contributed by atoms with Gasteiger partial charge in [-0.2, -0.15) is 0 Å². The first-order chi connectivity index (χ1) is 10.2. The summed E-state index contributed by atoms with van der Waals surface area (Å²) in [5.41, 5.74) is 1.00. The van der Waals surface area contributed by atoms with E-state index in [0.717, 1.165) is 0 Å². The van der Waals surface area contributed by atoms with Gasteiger partial charge in [-0.15, -0.1) is 0 Å². The number of fused-ring (bicyclic) bond motifs is 1. The summed E-state index contributed by atoms with van der Waals surface area (Å²) in [6.45, 7) is 0. The highest BCUT2D eigenvalue weighted by atomic mass is 16.4. The van der Waals surface area contributed by atoms with Crippen molar-refractivity contribution in [3.05, 3.63) is 71.1 Å². The van der Waals surface area contributed by atoms with Crippen LogP contribution in [0.1, 0.15) is 0 Å². The summed E-state index contributed by atoms with van der Waals surface area (Å²) in [6.07, 6.45) is 0. The smallest absolute Gasteiger partial charge is 0.338 e. The number of amides is 2. The minimum atomic E-state index is -0.510. The molecule has 1 heterocycles. The van der Waals surface area contributed by atoms with E-state index in [0.29, 0.717) is 22.3 Å². The number of carbonyl (C=O) groups excluding carboxylic acids is 1. The predicted octanol–water partition coefficient (Wildman–Crippen LogP) is 3.44. The molecule has 21 heavy (non-hydrogen) atoms. The zero-order valence-corrected chi connectivity index (χ0v) is 11.0. The van der Waals surface area contributed by atoms with Crippen LogP contribution in [0.4, 0.5) is 16.2 Å². The van der Waals surface area contributed by atoms with Gasteiger partial charge in [-0.3, -0.25) is 0 Å². The third-order valence-electron chi connectivity index (χ3n) is 2.93. The van der Waals surface area contributed by atoms with Crippen LogP contribution in [-0.2, 0) is 0 Å². The summed E-state index contributed by atoms with van der Waals surface area (Å²) < 4.78 is 5.07. The quantitative estimate of drug-likeness (QED) is 0.706. The molecule has 2 aromatic carbocycles. The molecule has 0 spiro atoms. The third-order valence-corrected chi connectivity index (χ3v) is 2.93. The molecule has 0 saturated heterocycles. The lowest BCUT2D eigenvalue weighted by atomic mass is 10.2. The molecule has 0 unspecified atom stereocenters. The van der Waals surface area contributed by atoms with E-state index in [1.807, 2.05) is 24.3 Å². The maximum atomic E-state index is 12.0. The zero-order valence-electron chi connectivity index (χ0n) is 11.0. The molecule has 0 aliphatic heterocycles. The summed E-state index contributed by atoms with van der Waals surface area (Å²) in [5, 5.41) is 6.02. The highest BCUT2D eigenvalue weighted by Gasteiger charge is 2.08. The lowest BCUT2D eigenvalue weighted by Crippen LogP contribution is -2.20. The fourth-order valence-corrected chi connectivity index (χ4v) is 2.02. The summed E-state index contributed by atoms with van der Waals surface area (Å²) >= 11 is 0. The lowest BCUT2D eigenvalue weighted by molar-refractivity contribution is 0.262. The van der Waals surface area contributed by atoms with E-state index in [1.165, 1.54) is 6.07 Å². The Hall–Kier alpha value is -3.08. The maximum Gasteiger partial charge on any atom is 0.338 e. The Morgan fingerprint density at radius 2 is 1.62 bits per heavy atom. The average Bonchev–Trinajstić information content (AvgIpc) is 2.48. The van der Waals surface area contributed by atoms with Gasteiger partial charge in [0.15, 0.2) is 0 Å². The standard InChI is InChI=1S/C16H12N2O3/c19-15-10-13(12-8-4-5-9-14(12)21-15)18-16(20)17-11-6-2-1-3-7-11/h1-10H,(H2,17,18,20). The minimum Gasteiger partial charge on any atom is -0.423 e. The van der Waals surface area contributed by atoms with Gasteiger partial charge in [0.25, 0.3) is 0 Å². The van der Waals surface area contributed by atoms with Gasteiger partial charge in [0.1, 0.15) is 5.58 Å². The van der Waals surface area contributed by atoms with Crippen molar-refractivity contribution < 1.29 is 9.21 Å². The third kappa shape index (κ3) is 2.92. The van der Waals surface area contributed by atoms with Crippen LogP contribution in [0.25, 0.3) is 11.0 Å². The Kier molecular flexibility index (Phi) is 3.39. The molecule has 1 aromatic heterocycles. The van der Waals surface area contributed by atoms with Crippen LogP contribution in [-0.4, -0.2) is 6.03 Å². The normalized spacial score (nSPS) is 10.3. The van der Waals surface area contributed by atoms with Gasteiger partial charge in [-0.1, -0.05) is 30.3 Å². The molecule has 104 valence electrons. The largest absolute Gasteiger partial charge is 0.423 e. The number of carbonyl (C=O) groups is 1.